The predicted octanol–water partition coefficient (Wildman–Crippen LogP) is 2.99. The molecule has 22 heavy (non-hydrogen) atoms. The lowest BCUT2D eigenvalue weighted by Crippen LogP contribution is -2.41. The zero-order valence-electron chi connectivity index (χ0n) is 14.3. The molecule has 0 bridgehead atoms. The van der Waals surface area contributed by atoms with E-state index >= 15 is 0 Å². The Kier molecular flexibility index (Phi) is 10.1. The number of unbranched alkanes of at least 4 members (excludes halogenated alkanes) is 1. The number of ether oxygens (including phenoxy) is 1. The van der Waals surface area contributed by atoms with Crippen LogP contribution in [0, 0.1) is 0 Å². The highest BCUT2D eigenvalue weighted by Gasteiger charge is 1.98. The summed E-state index contributed by atoms with van der Waals surface area (Å²) in [5.41, 5.74) is 1.34. The average molecular weight is 305 g/mol. The van der Waals surface area contributed by atoms with Gasteiger partial charge in [-0.15, -0.1) is 0 Å². The molecule has 0 heterocycles. The minimum atomic E-state index is 0.402. The molecule has 0 aromatic heterocycles. The van der Waals surface area contributed by atoms with E-state index in [4.69, 9.17) is 4.74 Å². The molecule has 1 rings (SSSR count). The number of hydrogen-bond donors (Lipinski definition) is 2. The van der Waals surface area contributed by atoms with E-state index in [9.17, 15) is 0 Å². The number of benzene rings is 1. The molecule has 0 aliphatic heterocycles. The summed E-state index contributed by atoms with van der Waals surface area (Å²) >= 11 is 0. The standard InChI is InChI=1S/C18H31N3O/c1-4-19-18(21-16(2)3)20-13-8-9-14-22-15-12-17-10-6-5-7-11-17/h5-7,10-11,16H,4,8-9,12-15H2,1-3H3,(H2,19,20,21). The lowest BCUT2D eigenvalue weighted by Gasteiger charge is -2.13. The Morgan fingerprint density at radius 3 is 2.59 bits per heavy atom. The van der Waals surface area contributed by atoms with Crippen LogP contribution in [0.15, 0.2) is 35.3 Å². The Labute approximate surface area is 135 Å². The van der Waals surface area contributed by atoms with Gasteiger partial charge in [0.2, 0.25) is 0 Å². The Morgan fingerprint density at radius 2 is 1.91 bits per heavy atom. The van der Waals surface area contributed by atoms with Crippen molar-refractivity contribution in [3.63, 3.8) is 0 Å². The molecule has 0 saturated heterocycles. The fourth-order valence-electron chi connectivity index (χ4n) is 2.04. The van der Waals surface area contributed by atoms with Crippen LogP contribution in [0.2, 0.25) is 0 Å². The third-order valence-electron chi connectivity index (χ3n) is 3.11. The summed E-state index contributed by atoms with van der Waals surface area (Å²) in [5, 5.41) is 6.57. The molecule has 0 amide bonds. The van der Waals surface area contributed by atoms with Crippen molar-refractivity contribution < 1.29 is 4.74 Å². The summed E-state index contributed by atoms with van der Waals surface area (Å²) in [6.45, 7) is 9.66. The second-order valence-electron chi connectivity index (χ2n) is 5.61. The molecular weight excluding hydrogens is 274 g/mol. The van der Waals surface area contributed by atoms with Gasteiger partial charge in [0.1, 0.15) is 0 Å². The van der Waals surface area contributed by atoms with E-state index in [-0.39, 0.29) is 0 Å². The largest absolute Gasteiger partial charge is 0.381 e. The molecule has 0 unspecified atom stereocenters. The number of guanidine groups is 1. The highest BCUT2D eigenvalue weighted by atomic mass is 16.5. The van der Waals surface area contributed by atoms with E-state index in [0.29, 0.717) is 6.04 Å². The fourth-order valence-corrected chi connectivity index (χ4v) is 2.04. The first kappa shape index (κ1) is 18.5. The first-order chi connectivity index (χ1) is 10.7. The van der Waals surface area contributed by atoms with Gasteiger partial charge in [0.05, 0.1) is 6.61 Å². The number of nitrogens with one attached hydrogen (secondary N) is 2. The van der Waals surface area contributed by atoms with E-state index < -0.39 is 0 Å². The minimum Gasteiger partial charge on any atom is -0.381 e. The highest BCUT2D eigenvalue weighted by Crippen LogP contribution is 2.00. The van der Waals surface area contributed by atoms with Crippen LogP contribution in [0.1, 0.15) is 39.2 Å². The van der Waals surface area contributed by atoms with Crippen LogP contribution in [0.25, 0.3) is 0 Å². The molecule has 0 radical (unpaired) electrons. The van der Waals surface area contributed by atoms with Gasteiger partial charge in [0.15, 0.2) is 5.96 Å². The molecule has 124 valence electrons. The summed E-state index contributed by atoms with van der Waals surface area (Å²) in [5.74, 6) is 0.905. The van der Waals surface area contributed by atoms with Gasteiger partial charge in [-0.3, -0.25) is 4.99 Å². The molecule has 0 saturated carbocycles. The molecule has 2 N–H and O–H groups in total. The number of hydrogen-bond acceptors (Lipinski definition) is 2. The minimum absolute atomic E-state index is 0.402. The fraction of sp³-hybridized carbons (Fsp3) is 0.611. The van der Waals surface area contributed by atoms with Crippen LogP contribution in [-0.4, -0.2) is 38.3 Å². The van der Waals surface area contributed by atoms with Gasteiger partial charge >= 0.3 is 0 Å². The highest BCUT2D eigenvalue weighted by molar-refractivity contribution is 5.79. The molecular formula is C18H31N3O. The zero-order chi connectivity index (χ0) is 16.0. The van der Waals surface area contributed by atoms with E-state index in [0.717, 1.165) is 51.5 Å². The van der Waals surface area contributed by atoms with Gasteiger partial charge in [-0.05, 0) is 45.6 Å². The van der Waals surface area contributed by atoms with Crippen molar-refractivity contribution in [2.75, 3.05) is 26.3 Å². The Bertz CT molecular complexity index is 404. The maximum Gasteiger partial charge on any atom is 0.191 e. The van der Waals surface area contributed by atoms with Gasteiger partial charge in [-0.2, -0.15) is 0 Å². The maximum atomic E-state index is 5.68. The van der Waals surface area contributed by atoms with Crippen LogP contribution in [0.3, 0.4) is 0 Å². The second-order valence-corrected chi connectivity index (χ2v) is 5.61. The number of aliphatic imine (C=N–C) groups is 1. The number of rotatable bonds is 10. The lowest BCUT2D eigenvalue weighted by atomic mass is 10.2. The Morgan fingerprint density at radius 1 is 1.14 bits per heavy atom. The van der Waals surface area contributed by atoms with Crippen molar-refractivity contribution in [2.24, 2.45) is 4.99 Å². The first-order valence-corrected chi connectivity index (χ1v) is 8.39. The summed E-state index contributed by atoms with van der Waals surface area (Å²) < 4.78 is 5.68. The van der Waals surface area contributed by atoms with Crippen LogP contribution >= 0.6 is 0 Å². The van der Waals surface area contributed by atoms with E-state index in [1.165, 1.54) is 5.56 Å². The molecule has 0 spiro atoms. The predicted molar refractivity (Wildman–Crippen MR) is 94.4 cm³/mol. The third kappa shape index (κ3) is 9.40. The third-order valence-corrected chi connectivity index (χ3v) is 3.11. The summed E-state index contributed by atoms with van der Waals surface area (Å²) in [6, 6.07) is 10.9. The quantitative estimate of drug-likeness (QED) is 0.397. The van der Waals surface area contributed by atoms with Crippen molar-refractivity contribution in [2.45, 2.75) is 46.1 Å². The molecule has 0 fully saturated rings. The maximum absolute atomic E-state index is 5.68. The topological polar surface area (TPSA) is 45.7 Å². The Hall–Kier alpha value is -1.55. The monoisotopic (exact) mass is 305 g/mol. The average Bonchev–Trinajstić information content (AvgIpc) is 2.50. The molecule has 4 nitrogen and oxygen atoms in total. The summed E-state index contributed by atoms with van der Waals surface area (Å²) in [4.78, 5) is 4.56. The number of nitrogens with zero attached hydrogens (tertiary/aromatic N) is 1. The molecule has 0 aliphatic rings. The van der Waals surface area contributed by atoms with Crippen molar-refractivity contribution in [3.05, 3.63) is 35.9 Å². The van der Waals surface area contributed by atoms with Gasteiger partial charge in [-0.25, -0.2) is 0 Å². The molecule has 0 aliphatic carbocycles. The molecule has 1 aromatic rings. The van der Waals surface area contributed by atoms with Gasteiger partial charge in [0.25, 0.3) is 0 Å². The van der Waals surface area contributed by atoms with Crippen molar-refractivity contribution in [3.8, 4) is 0 Å². The smallest absolute Gasteiger partial charge is 0.191 e. The van der Waals surface area contributed by atoms with Gasteiger partial charge in [0, 0.05) is 25.7 Å². The van der Waals surface area contributed by atoms with Crippen LogP contribution in [0.5, 0.6) is 0 Å². The van der Waals surface area contributed by atoms with Gasteiger partial charge in [-0.1, -0.05) is 30.3 Å². The van der Waals surface area contributed by atoms with Crippen LogP contribution in [-0.2, 0) is 11.2 Å². The molecule has 4 heteroatoms. The van der Waals surface area contributed by atoms with E-state index in [1.807, 2.05) is 6.07 Å². The summed E-state index contributed by atoms with van der Waals surface area (Å²) in [6.07, 6.45) is 3.10. The van der Waals surface area contributed by atoms with Crippen molar-refractivity contribution >= 4 is 5.96 Å². The normalized spacial score (nSPS) is 11.7. The lowest BCUT2D eigenvalue weighted by molar-refractivity contribution is 0.134. The van der Waals surface area contributed by atoms with Crippen molar-refractivity contribution in [1.29, 1.82) is 0 Å². The second kappa shape index (κ2) is 12.0. The van der Waals surface area contributed by atoms with Crippen LogP contribution in [0.4, 0.5) is 0 Å². The van der Waals surface area contributed by atoms with E-state index in [2.05, 4.69) is 60.7 Å². The molecule has 0 atom stereocenters. The van der Waals surface area contributed by atoms with Gasteiger partial charge < -0.3 is 15.4 Å². The summed E-state index contributed by atoms with van der Waals surface area (Å²) in [7, 11) is 0. The Balaban J connectivity index is 2.04. The van der Waals surface area contributed by atoms with Crippen molar-refractivity contribution in [1.82, 2.24) is 10.6 Å². The first-order valence-electron chi connectivity index (χ1n) is 8.39. The van der Waals surface area contributed by atoms with E-state index in [1.54, 1.807) is 0 Å². The van der Waals surface area contributed by atoms with Crippen LogP contribution < -0.4 is 10.6 Å². The molecule has 1 aromatic carbocycles. The SMILES string of the molecule is CCNC(=NCCCCOCCc1ccccc1)NC(C)C. The zero-order valence-corrected chi connectivity index (χ0v) is 14.3.